The molecule has 88 valence electrons. The summed E-state index contributed by atoms with van der Waals surface area (Å²) in [5.74, 6) is 0.138. The molecule has 0 bridgehead atoms. The van der Waals surface area contributed by atoms with E-state index in [0.29, 0.717) is 25.7 Å². The summed E-state index contributed by atoms with van der Waals surface area (Å²) in [5.41, 5.74) is -1.69. The number of aliphatic hydroxyl groups is 2. The summed E-state index contributed by atoms with van der Waals surface area (Å²) in [6.07, 6.45) is 1.23. The average molecular weight is 215 g/mol. The van der Waals surface area contributed by atoms with Gasteiger partial charge in [0.2, 0.25) is 0 Å². The molecule has 0 aromatic carbocycles. The van der Waals surface area contributed by atoms with Crippen LogP contribution in [0.2, 0.25) is 0 Å². The molecule has 0 radical (unpaired) electrons. The largest absolute Gasteiger partial charge is 0.390 e. The predicted molar refractivity (Wildman–Crippen MR) is 58.5 cm³/mol. The first kappa shape index (κ1) is 12.6. The Morgan fingerprint density at radius 1 is 1.33 bits per heavy atom. The fourth-order valence-corrected chi connectivity index (χ4v) is 2.14. The van der Waals surface area contributed by atoms with Crippen molar-refractivity contribution in [1.82, 2.24) is 0 Å². The number of rotatable bonds is 2. The highest BCUT2D eigenvalue weighted by atomic mass is 16.3. The first-order valence-corrected chi connectivity index (χ1v) is 5.59. The van der Waals surface area contributed by atoms with Crippen molar-refractivity contribution >= 4 is 0 Å². The lowest BCUT2D eigenvalue weighted by molar-refractivity contribution is -0.0215. The van der Waals surface area contributed by atoms with Crippen LogP contribution in [0.25, 0.3) is 0 Å². The molecule has 15 heavy (non-hydrogen) atoms. The minimum absolute atomic E-state index is 0.138. The molecule has 2 N–H and O–H groups in total. The second kappa shape index (κ2) is 4.18. The maximum absolute atomic E-state index is 10.7. The van der Waals surface area contributed by atoms with E-state index in [1.54, 1.807) is 6.92 Å². The van der Waals surface area contributed by atoms with E-state index in [4.69, 9.17) is 0 Å². The van der Waals surface area contributed by atoms with Crippen molar-refractivity contribution in [3.05, 3.63) is 4.91 Å². The van der Waals surface area contributed by atoms with Crippen LogP contribution >= 0.6 is 0 Å². The highest BCUT2D eigenvalue weighted by molar-refractivity contribution is 4.98. The summed E-state index contributed by atoms with van der Waals surface area (Å²) in [4.78, 5) is 10.7. The van der Waals surface area contributed by atoms with Gasteiger partial charge in [-0.05, 0) is 38.5 Å². The molecule has 4 heteroatoms. The molecule has 0 saturated heterocycles. The van der Waals surface area contributed by atoms with Gasteiger partial charge in [0.05, 0.1) is 11.7 Å². The van der Waals surface area contributed by atoms with E-state index in [2.05, 4.69) is 5.18 Å². The summed E-state index contributed by atoms with van der Waals surface area (Å²) in [7, 11) is 0. The van der Waals surface area contributed by atoms with E-state index in [1.165, 1.54) is 0 Å². The highest BCUT2D eigenvalue weighted by Crippen LogP contribution is 2.38. The molecule has 0 aliphatic heterocycles. The third-order valence-electron chi connectivity index (χ3n) is 3.92. The standard InChI is InChI=1S/C11H21NO3/c1-8(2)11(14)5-4-9(13)10(3,12-15)6-7-11/h8-9,13-14H,4-7H2,1-3H3. The number of nitrogens with zero attached hydrogens (tertiary/aromatic N) is 1. The molecular formula is C11H21NO3. The maximum Gasteiger partial charge on any atom is 0.126 e. The van der Waals surface area contributed by atoms with Gasteiger partial charge in [-0.3, -0.25) is 0 Å². The summed E-state index contributed by atoms with van der Waals surface area (Å²) < 4.78 is 0. The number of nitroso groups, excluding NO2 is 1. The van der Waals surface area contributed by atoms with Crippen LogP contribution in [0.4, 0.5) is 0 Å². The fourth-order valence-electron chi connectivity index (χ4n) is 2.14. The quantitative estimate of drug-likeness (QED) is 0.545. The lowest BCUT2D eigenvalue weighted by Gasteiger charge is -2.31. The Morgan fingerprint density at radius 2 is 1.93 bits per heavy atom. The average Bonchev–Trinajstić information content (AvgIpc) is 2.32. The molecule has 1 fully saturated rings. The van der Waals surface area contributed by atoms with Crippen molar-refractivity contribution in [2.24, 2.45) is 11.1 Å². The van der Waals surface area contributed by atoms with E-state index in [9.17, 15) is 15.1 Å². The first-order chi connectivity index (χ1) is 6.84. The van der Waals surface area contributed by atoms with Crippen LogP contribution in [-0.2, 0) is 0 Å². The summed E-state index contributed by atoms with van der Waals surface area (Å²) in [6.45, 7) is 5.59. The van der Waals surface area contributed by atoms with Gasteiger partial charge in [0, 0.05) is 0 Å². The van der Waals surface area contributed by atoms with Crippen LogP contribution in [0, 0.1) is 10.8 Å². The molecule has 0 spiro atoms. The third-order valence-corrected chi connectivity index (χ3v) is 3.92. The minimum atomic E-state index is -0.931. The monoisotopic (exact) mass is 215 g/mol. The van der Waals surface area contributed by atoms with Crippen molar-refractivity contribution in [1.29, 1.82) is 0 Å². The number of hydrogen-bond donors (Lipinski definition) is 2. The third kappa shape index (κ3) is 2.37. The van der Waals surface area contributed by atoms with Gasteiger partial charge in [-0.1, -0.05) is 19.0 Å². The molecule has 0 amide bonds. The van der Waals surface area contributed by atoms with E-state index < -0.39 is 17.2 Å². The lowest BCUT2D eigenvalue weighted by Crippen LogP contribution is -2.36. The molecule has 4 nitrogen and oxygen atoms in total. The minimum Gasteiger partial charge on any atom is -0.390 e. The number of hydrogen-bond acceptors (Lipinski definition) is 4. The van der Waals surface area contributed by atoms with Gasteiger partial charge in [-0.2, -0.15) is 4.91 Å². The van der Waals surface area contributed by atoms with Crippen LogP contribution in [0.1, 0.15) is 46.5 Å². The van der Waals surface area contributed by atoms with Gasteiger partial charge in [-0.25, -0.2) is 0 Å². The van der Waals surface area contributed by atoms with Gasteiger partial charge in [-0.15, -0.1) is 0 Å². The lowest BCUT2D eigenvalue weighted by atomic mass is 9.83. The molecule has 0 heterocycles. The molecular weight excluding hydrogens is 194 g/mol. The Morgan fingerprint density at radius 3 is 2.40 bits per heavy atom. The molecule has 1 aliphatic carbocycles. The summed E-state index contributed by atoms with van der Waals surface area (Å²) in [5, 5.41) is 23.2. The van der Waals surface area contributed by atoms with Crippen molar-refractivity contribution in [3.8, 4) is 0 Å². The topological polar surface area (TPSA) is 69.9 Å². The first-order valence-electron chi connectivity index (χ1n) is 5.59. The van der Waals surface area contributed by atoms with Crippen molar-refractivity contribution in [3.63, 3.8) is 0 Å². The zero-order chi connectivity index (χ0) is 11.7. The van der Waals surface area contributed by atoms with Gasteiger partial charge >= 0.3 is 0 Å². The highest BCUT2D eigenvalue weighted by Gasteiger charge is 2.43. The van der Waals surface area contributed by atoms with Gasteiger partial charge in [0.25, 0.3) is 0 Å². The SMILES string of the molecule is CC(C)C1(O)CCC(O)C(C)(N=O)CC1. The summed E-state index contributed by atoms with van der Waals surface area (Å²) in [6, 6.07) is 0. The van der Waals surface area contributed by atoms with Crippen LogP contribution in [0.15, 0.2) is 5.18 Å². The maximum atomic E-state index is 10.7. The van der Waals surface area contributed by atoms with Crippen LogP contribution < -0.4 is 0 Å². The zero-order valence-corrected chi connectivity index (χ0v) is 9.73. The normalized spacial score (nSPS) is 42.7. The van der Waals surface area contributed by atoms with Crippen molar-refractivity contribution in [2.75, 3.05) is 0 Å². The Hall–Kier alpha value is -0.480. The smallest absolute Gasteiger partial charge is 0.126 e. The Kier molecular flexibility index (Phi) is 3.51. The molecule has 3 atom stereocenters. The van der Waals surface area contributed by atoms with E-state index in [1.807, 2.05) is 13.8 Å². The van der Waals surface area contributed by atoms with E-state index >= 15 is 0 Å². The van der Waals surface area contributed by atoms with Crippen LogP contribution in [-0.4, -0.2) is 27.5 Å². The van der Waals surface area contributed by atoms with Gasteiger partial charge < -0.3 is 10.2 Å². The molecule has 1 saturated carbocycles. The fraction of sp³-hybridized carbons (Fsp3) is 1.00. The van der Waals surface area contributed by atoms with Crippen LogP contribution in [0.5, 0.6) is 0 Å². The van der Waals surface area contributed by atoms with Crippen molar-refractivity contribution in [2.45, 2.75) is 63.7 Å². The predicted octanol–water partition coefficient (Wildman–Crippen LogP) is 1.83. The van der Waals surface area contributed by atoms with E-state index in [-0.39, 0.29) is 5.92 Å². The molecule has 3 unspecified atom stereocenters. The summed E-state index contributed by atoms with van der Waals surface area (Å²) >= 11 is 0. The Labute approximate surface area is 90.7 Å². The molecule has 0 aromatic rings. The van der Waals surface area contributed by atoms with E-state index in [0.717, 1.165) is 0 Å². The molecule has 1 aliphatic rings. The second-order valence-electron chi connectivity index (χ2n) is 5.26. The van der Waals surface area contributed by atoms with Gasteiger partial charge in [0.15, 0.2) is 0 Å². The Bertz CT molecular complexity index is 244. The zero-order valence-electron chi connectivity index (χ0n) is 9.73. The van der Waals surface area contributed by atoms with Gasteiger partial charge in [0.1, 0.15) is 5.54 Å². The Balaban J connectivity index is 2.82. The second-order valence-corrected chi connectivity index (χ2v) is 5.26. The van der Waals surface area contributed by atoms with Crippen molar-refractivity contribution < 1.29 is 10.2 Å². The molecule has 0 aromatic heterocycles. The molecule has 1 rings (SSSR count). The number of aliphatic hydroxyl groups excluding tert-OH is 1. The van der Waals surface area contributed by atoms with Crippen LogP contribution in [0.3, 0.4) is 0 Å².